The molecule has 0 radical (unpaired) electrons. The molecule has 8 heteroatoms. The van der Waals surface area contributed by atoms with Gasteiger partial charge in [0.2, 0.25) is 5.91 Å². The highest BCUT2D eigenvalue weighted by atomic mass is 16.5. The van der Waals surface area contributed by atoms with Crippen LogP contribution in [-0.4, -0.2) is 59.6 Å². The second kappa shape index (κ2) is 11.6. The average Bonchev–Trinajstić information content (AvgIpc) is 2.84. The Hall–Kier alpha value is -3.65. The largest absolute Gasteiger partial charge is 0.494 e. The Morgan fingerprint density at radius 2 is 1.70 bits per heavy atom. The summed E-state index contributed by atoms with van der Waals surface area (Å²) < 4.78 is 11.9. The number of carbonyl (C=O) groups is 1. The Bertz CT molecular complexity index is 1240. The van der Waals surface area contributed by atoms with E-state index in [1.54, 1.807) is 0 Å². The second-order valence-electron chi connectivity index (χ2n) is 9.63. The summed E-state index contributed by atoms with van der Waals surface area (Å²) in [5.41, 5.74) is 10.6. The molecule has 1 atom stereocenters. The summed E-state index contributed by atoms with van der Waals surface area (Å²) in [6, 6.07) is 14.1. The third-order valence-corrected chi connectivity index (χ3v) is 6.82. The molecular formula is C29H37N5O3. The Morgan fingerprint density at radius 3 is 2.35 bits per heavy atom. The van der Waals surface area contributed by atoms with Crippen LogP contribution in [0.5, 0.6) is 11.5 Å². The van der Waals surface area contributed by atoms with Crippen LogP contribution in [0.15, 0.2) is 42.5 Å². The third-order valence-electron chi connectivity index (χ3n) is 6.82. The second-order valence-corrected chi connectivity index (χ2v) is 9.63. The fourth-order valence-electron chi connectivity index (χ4n) is 4.89. The van der Waals surface area contributed by atoms with E-state index >= 15 is 0 Å². The first-order chi connectivity index (χ1) is 17.8. The number of aromatic nitrogens is 2. The highest BCUT2D eigenvalue weighted by molar-refractivity contribution is 5.76. The van der Waals surface area contributed by atoms with Gasteiger partial charge in [-0.15, -0.1) is 0 Å². The minimum Gasteiger partial charge on any atom is -0.494 e. The molecule has 8 nitrogen and oxygen atoms in total. The van der Waals surface area contributed by atoms with Gasteiger partial charge in [0.15, 0.2) is 5.82 Å². The Morgan fingerprint density at radius 1 is 1.03 bits per heavy atom. The van der Waals surface area contributed by atoms with Crippen molar-refractivity contribution in [2.75, 3.05) is 37.7 Å². The zero-order valence-corrected chi connectivity index (χ0v) is 22.5. The number of ether oxygens (including phenoxy) is 2. The van der Waals surface area contributed by atoms with Crippen LogP contribution in [0.4, 0.5) is 5.82 Å². The van der Waals surface area contributed by atoms with Gasteiger partial charge in [0.25, 0.3) is 0 Å². The highest BCUT2D eigenvalue weighted by Gasteiger charge is 2.28. The average molecular weight is 504 g/mol. The number of primary amides is 1. The van der Waals surface area contributed by atoms with Crippen molar-refractivity contribution in [1.29, 1.82) is 0 Å². The Labute approximate surface area is 219 Å². The number of amides is 1. The van der Waals surface area contributed by atoms with E-state index in [4.69, 9.17) is 25.2 Å². The molecule has 1 aliphatic heterocycles. The molecule has 1 amide bonds. The van der Waals surface area contributed by atoms with Gasteiger partial charge in [-0.3, -0.25) is 9.69 Å². The molecule has 1 aromatic heterocycles. The number of anilines is 1. The van der Waals surface area contributed by atoms with Crippen LogP contribution in [0.1, 0.15) is 36.2 Å². The van der Waals surface area contributed by atoms with Crippen molar-refractivity contribution in [3.63, 3.8) is 0 Å². The van der Waals surface area contributed by atoms with Crippen LogP contribution in [0, 0.1) is 20.8 Å². The molecular weight excluding hydrogens is 466 g/mol. The third kappa shape index (κ3) is 6.20. The summed E-state index contributed by atoms with van der Waals surface area (Å²) >= 11 is 0. The normalized spacial score (nSPS) is 16.0. The number of benzene rings is 2. The van der Waals surface area contributed by atoms with Crippen molar-refractivity contribution in [3.8, 4) is 22.9 Å². The SMILES string of the molecule is CCOc1cccc(OCc2c(C)nc(-c3c(C)cccc3C)nc2N2CCN(CC(N)=O)C(C)C2)c1. The number of rotatable bonds is 9. The summed E-state index contributed by atoms with van der Waals surface area (Å²) in [6.45, 7) is 13.6. The van der Waals surface area contributed by atoms with Crippen LogP contribution >= 0.6 is 0 Å². The summed E-state index contributed by atoms with van der Waals surface area (Å²) in [6.07, 6.45) is 0. The topological polar surface area (TPSA) is 93.8 Å². The molecule has 3 aromatic rings. The minimum atomic E-state index is -0.307. The van der Waals surface area contributed by atoms with E-state index in [1.807, 2.05) is 38.1 Å². The number of carbonyl (C=O) groups excluding carboxylic acids is 1. The molecule has 0 aliphatic carbocycles. The van der Waals surface area contributed by atoms with E-state index in [2.05, 4.69) is 48.8 Å². The van der Waals surface area contributed by atoms with Crippen molar-refractivity contribution in [2.45, 2.75) is 47.3 Å². The fourth-order valence-corrected chi connectivity index (χ4v) is 4.89. The molecule has 0 spiro atoms. The van der Waals surface area contributed by atoms with Gasteiger partial charge < -0.3 is 20.1 Å². The lowest BCUT2D eigenvalue weighted by Gasteiger charge is -2.40. The van der Waals surface area contributed by atoms with Crippen molar-refractivity contribution >= 4 is 11.7 Å². The van der Waals surface area contributed by atoms with Crippen LogP contribution < -0.4 is 20.1 Å². The lowest BCUT2D eigenvalue weighted by atomic mass is 10.0. The van der Waals surface area contributed by atoms with Crippen molar-refractivity contribution < 1.29 is 14.3 Å². The van der Waals surface area contributed by atoms with Gasteiger partial charge in [0, 0.05) is 37.3 Å². The molecule has 1 aliphatic rings. The molecule has 2 heterocycles. The van der Waals surface area contributed by atoms with Gasteiger partial charge >= 0.3 is 0 Å². The number of nitrogens with two attached hydrogens (primary N) is 1. The quantitative estimate of drug-likeness (QED) is 0.471. The van der Waals surface area contributed by atoms with E-state index in [0.717, 1.165) is 70.7 Å². The molecule has 196 valence electrons. The van der Waals surface area contributed by atoms with E-state index in [-0.39, 0.29) is 18.5 Å². The predicted molar refractivity (Wildman–Crippen MR) is 146 cm³/mol. The van der Waals surface area contributed by atoms with E-state index < -0.39 is 0 Å². The Balaban J connectivity index is 1.70. The molecule has 4 rings (SSSR count). The van der Waals surface area contributed by atoms with E-state index in [9.17, 15) is 4.79 Å². The van der Waals surface area contributed by atoms with Gasteiger partial charge in [-0.2, -0.15) is 0 Å². The fraction of sp³-hybridized carbons (Fsp3) is 0.414. The summed E-state index contributed by atoms with van der Waals surface area (Å²) in [5.74, 6) is 2.79. The van der Waals surface area contributed by atoms with Crippen LogP contribution in [0.25, 0.3) is 11.4 Å². The first kappa shape index (κ1) is 26.4. The van der Waals surface area contributed by atoms with Gasteiger partial charge in [0.05, 0.1) is 24.4 Å². The summed E-state index contributed by atoms with van der Waals surface area (Å²) in [7, 11) is 0. The first-order valence-electron chi connectivity index (χ1n) is 12.8. The molecule has 2 N–H and O–H groups in total. The van der Waals surface area contributed by atoms with Gasteiger partial charge in [0.1, 0.15) is 23.9 Å². The van der Waals surface area contributed by atoms with Crippen molar-refractivity contribution in [1.82, 2.24) is 14.9 Å². The smallest absolute Gasteiger partial charge is 0.231 e. The van der Waals surface area contributed by atoms with Crippen LogP contribution in [0.3, 0.4) is 0 Å². The lowest BCUT2D eigenvalue weighted by molar-refractivity contribution is -0.119. The van der Waals surface area contributed by atoms with Gasteiger partial charge in [-0.1, -0.05) is 24.3 Å². The Kier molecular flexibility index (Phi) is 8.28. The number of piperazine rings is 1. The lowest BCUT2D eigenvalue weighted by Crippen LogP contribution is -2.54. The molecule has 2 aromatic carbocycles. The highest BCUT2D eigenvalue weighted by Crippen LogP contribution is 2.31. The monoisotopic (exact) mass is 503 g/mol. The van der Waals surface area contributed by atoms with Crippen LogP contribution in [0.2, 0.25) is 0 Å². The van der Waals surface area contributed by atoms with E-state index in [1.165, 1.54) is 0 Å². The van der Waals surface area contributed by atoms with Gasteiger partial charge in [-0.25, -0.2) is 9.97 Å². The molecule has 1 fully saturated rings. The molecule has 0 saturated carbocycles. The number of nitrogens with zero attached hydrogens (tertiary/aromatic N) is 4. The molecule has 1 saturated heterocycles. The van der Waals surface area contributed by atoms with Crippen LogP contribution in [-0.2, 0) is 11.4 Å². The van der Waals surface area contributed by atoms with Gasteiger partial charge in [-0.05, 0) is 57.9 Å². The zero-order valence-electron chi connectivity index (χ0n) is 22.5. The minimum absolute atomic E-state index is 0.150. The van der Waals surface area contributed by atoms with Crippen molar-refractivity contribution in [3.05, 3.63) is 64.8 Å². The van der Waals surface area contributed by atoms with E-state index in [0.29, 0.717) is 13.2 Å². The maximum atomic E-state index is 11.5. The summed E-state index contributed by atoms with van der Waals surface area (Å²) in [4.78, 5) is 26.0. The molecule has 0 bridgehead atoms. The summed E-state index contributed by atoms with van der Waals surface area (Å²) in [5, 5.41) is 0. The standard InChI is InChI=1S/C29H37N5O3/c1-6-36-23-11-8-12-24(15-23)37-18-25-22(5)31-28(27-19(2)9-7-10-20(27)3)32-29(25)34-14-13-33(17-26(30)35)21(4)16-34/h7-12,15,21H,6,13-14,16-18H2,1-5H3,(H2,30,35). The number of hydrogen-bond acceptors (Lipinski definition) is 7. The predicted octanol–water partition coefficient (Wildman–Crippen LogP) is 4.04. The maximum Gasteiger partial charge on any atom is 0.231 e. The van der Waals surface area contributed by atoms with Crippen molar-refractivity contribution in [2.24, 2.45) is 5.73 Å². The number of hydrogen-bond donors (Lipinski definition) is 1. The number of aryl methyl sites for hydroxylation is 3. The zero-order chi connectivity index (χ0) is 26.5. The maximum absolute atomic E-state index is 11.5. The molecule has 37 heavy (non-hydrogen) atoms. The molecule has 1 unspecified atom stereocenters. The first-order valence-corrected chi connectivity index (χ1v) is 12.8.